The maximum Gasteiger partial charge on any atom is 0.242 e. The molecular formula is C21H27ClN2O4S. The van der Waals surface area contributed by atoms with Crippen LogP contribution in [0, 0.1) is 0 Å². The van der Waals surface area contributed by atoms with Crippen LogP contribution in [-0.2, 0) is 27.7 Å². The van der Waals surface area contributed by atoms with Gasteiger partial charge in [0.1, 0.15) is 5.75 Å². The van der Waals surface area contributed by atoms with Gasteiger partial charge in [0.25, 0.3) is 0 Å². The summed E-state index contributed by atoms with van der Waals surface area (Å²) in [5.74, 6) is 0.473. The monoisotopic (exact) mass is 438 g/mol. The minimum atomic E-state index is -3.54. The van der Waals surface area contributed by atoms with E-state index in [9.17, 15) is 13.2 Å². The molecule has 0 aromatic heterocycles. The zero-order chi connectivity index (χ0) is 21.4. The molecule has 0 bridgehead atoms. The van der Waals surface area contributed by atoms with E-state index in [2.05, 4.69) is 5.32 Å². The molecular weight excluding hydrogens is 412 g/mol. The second kappa shape index (κ2) is 10.6. The van der Waals surface area contributed by atoms with Gasteiger partial charge in [-0.3, -0.25) is 4.79 Å². The maximum atomic E-state index is 12.3. The zero-order valence-electron chi connectivity index (χ0n) is 16.9. The van der Waals surface area contributed by atoms with Gasteiger partial charge in [0.2, 0.25) is 15.9 Å². The van der Waals surface area contributed by atoms with E-state index in [0.29, 0.717) is 24.3 Å². The Hall–Kier alpha value is -2.09. The van der Waals surface area contributed by atoms with Gasteiger partial charge in [-0.2, -0.15) is 0 Å². The fraction of sp³-hybridized carbons (Fsp3) is 0.381. The van der Waals surface area contributed by atoms with Crippen molar-refractivity contribution in [3.05, 3.63) is 58.6 Å². The first kappa shape index (κ1) is 23.2. The minimum Gasteiger partial charge on any atom is -0.496 e. The average molecular weight is 439 g/mol. The molecule has 6 nitrogen and oxygen atoms in total. The van der Waals surface area contributed by atoms with Crippen molar-refractivity contribution in [3.63, 3.8) is 0 Å². The quantitative estimate of drug-likeness (QED) is 0.577. The Labute approximate surface area is 177 Å². The van der Waals surface area contributed by atoms with E-state index in [1.54, 1.807) is 12.1 Å². The van der Waals surface area contributed by atoms with Crippen molar-refractivity contribution in [2.75, 3.05) is 27.7 Å². The molecule has 158 valence electrons. The number of sulfonamides is 1. The van der Waals surface area contributed by atoms with Crippen LogP contribution in [0.2, 0.25) is 5.02 Å². The Morgan fingerprint density at radius 3 is 2.48 bits per heavy atom. The Morgan fingerprint density at radius 1 is 1.10 bits per heavy atom. The van der Waals surface area contributed by atoms with Crippen molar-refractivity contribution in [1.82, 2.24) is 9.62 Å². The van der Waals surface area contributed by atoms with E-state index >= 15 is 0 Å². The molecule has 2 rings (SSSR count). The Bertz CT molecular complexity index is 945. The van der Waals surface area contributed by atoms with E-state index in [4.69, 9.17) is 16.3 Å². The van der Waals surface area contributed by atoms with Gasteiger partial charge in [0.15, 0.2) is 0 Å². The van der Waals surface area contributed by atoms with Gasteiger partial charge in [-0.05, 0) is 54.7 Å². The summed E-state index contributed by atoms with van der Waals surface area (Å²) in [6.45, 7) is 0.552. The standard InChI is InChI=1S/C21H27ClN2O4S/c1-24(2)29(26,27)18-11-12-20(28-3)17(15-18)10-13-21(25)23-14-6-8-16-7-4-5-9-19(16)22/h4-5,7,9,11-12,15H,6,8,10,13-14H2,1-3H3,(H,23,25). The first-order valence-electron chi connectivity index (χ1n) is 9.35. The van der Waals surface area contributed by atoms with E-state index in [-0.39, 0.29) is 17.2 Å². The molecule has 0 saturated carbocycles. The third-order valence-electron chi connectivity index (χ3n) is 4.55. The number of carbonyl (C=O) groups excluding carboxylic acids is 1. The molecule has 1 N–H and O–H groups in total. The Morgan fingerprint density at radius 2 is 1.83 bits per heavy atom. The smallest absolute Gasteiger partial charge is 0.242 e. The number of amides is 1. The molecule has 0 aliphatic carbocycles. The number of nitrogens with one attached hydrogen (secondary N) is 1. The maximum absolute atomic E-state index is 12.3. The van der Waals surface area contributed by atoms with Crippen LogP contribution in [0.15, 0.2) is 47.4 Å². The van der Waals surface area contributed by atoms with Crippen LogP contribution in [0.1, 0.15) is 24.0 Å². The highest BCUT2D eigenvalue weighted by atomic mass is 35.5. The van der Waals surface area contributed by atoms with E-state index in [0.717, 1.165) is 27.7 Å². The molecule has 1 amide bonds. The van der Waals surface area contributed by atoms with Crippen LogP contribution >= 0.6 is 11.6 Å². The zero-order valence-corrected chi connectivity index (χ0v) is 18.5. The van der Waals surface area contributed by atoms with Gasteiger partial charge in [-0.1, -0.05) is 29.8 Å². The largest absolute Gasteiger partial charge is 0.496 e. The van der Waals surface area contributed by atoms with Crippen LogP contribution in [0.25, 0.3) is 0 Å². The fourth-order valence-electron chi connectivity index (χ4n) is 2.87. The van der Waals surface area contributed by atoms with Crippen molar-refractivity contribution in [2.24, 2.45) is 0 Å². The van der Waals surface area contributed by atoms with Gasteiger partial charge >= 0.3 is 0 Å². The molecule has 0 atom stereocenters. The molecule has 0 heterocycles. The number of hydrogen-bond donors (Lipinski definition) is 1. The molecule has 0 spiro atoms. The summed E-state index contributed by atoms with van der Waals surface area (Å²) in [7, 11) is 0.941. The summed E-state index contributed by atoms with van der Waals surface area (Å²) in [6.07, 6.45) is 2.21. The predicted molar refractivity (Wildman–Crippen MR) is 115 cm³/mol. The highest BCUT2D eigenvalue weighted by Gasteiger charge is 2.19. The molecule has 2 aromatic carbocycles. The summed E-state index contributed by atoms with van der Waals surface area (Å²) in [5.41, 5.74) is 1.74. The molecule has 29 heavy (non-hydrogen) atoms. The van der Waals surface area contributed by atoms with E-state index in [1.807, 2.05) is 24.3 Å². The summed E-state index contributed by atoms with van der Waals surface area (Å²) in [4.78, 5) is 12.4. The highest BCUT2D eigenvalue weighted by molar-refractivity contribution is 7.89. The molecule has 8 heteroatoms. The van der Waals surface area contributed by atoms with E-state index < -0.39 is 10.0 Å². The first-order chi connectivity index (χ1) is 13.8. The summed E-state index contributed by atoms with van der Waals surface area (Å²) < 4.78 is 31.1. The van der Waals surface area contributed by atoms with Crippen LogP contribution in [0.5, 0.6) is 5.75 Å². The first-order valence-corrected chi connectivity index (χ1v) is 11.2. The molecule has 0 fully saturated rings. The van der Waals surface area contributed by atoms with Crippen molar-refractivity contribution < 1.29 is 17.9 Å². The van der Waals surface area contributed by atoms with Crippen molar-refractivity contribution in [3.8, 4) is 5.75 Å². The average Bonchev–Trinajstić information content (AvgIpc) is 2.70. The van der Waals surface area contributed by atoms with Gasteiger partial charge in [0, 0.05) is 32.1 Å². The van der Waals surface area contributed by atoms with Crippen LogP contribution in [0.4, 0.5) is 0 Å². The number of halogens is 1. The van der Waals surface area contributed by atoms with Gasteiger partial charge in [-0.25, -0.2) is 12.7 Å². The van der Waals surface area contributed by atoms with Gasteiger partial charge in [-0.15, -0.1) is 0 Å². The normalized spacial score (nSPS) is 11.5. The Balaban J connectivity index is 1.89. The van der Waals surface area contributed by atoms with Crippen molar-refractivity contribution >= 4 is 27.5 Å². The summed E-state index contributed by atoms with van der Waals surface area (Å²) in [5, 5.41) is 3.63. The predicted octanol–water partition coefficient (Wildman–Crippen LogP) is 3.28. The second-order valence-corrected chi connectivity index (χ2v) is 9.37. The SMILES string of the molecule is COc1ccc(S(=O)(=O)N(C)C)cc1CCC(=O)NCCCc1ccccc1Cl. The molecule has 0 aliphatic heterocycles. The number of ether oxygens (including phenoxy) is 1. The van der Waals surface area contributed by atoms with Crippen LogP contribution in [0.3, 0.4) is 0 Å². The second-order valence-electron chi connectivity index (χ2n) is 6.81. The lowest BCUT2D eigenvalue weighted by molar-refractivity contribution is -0.121. The number of nitrogens with zero attached hydrogens (tertiary/aromatic N) is 1. The molecule has 0 aliphatic rings. The lowest BCUT2D eigenvalue weighted by Crippen LogP contribution is -2.25. The summed E-state index contributed by atoms with van der Waals surface area (Å²) in [6, 6.07) is 12.4. The number of aryl methyl sites for hydroxylation is 2. The topological polar surface area (TPSA) is 75.7 Å². The number of methoxy groups -OCH3 is 1. The minimum absolute atomic E-state index is 0.0907. The van der Waals surface area contributed by atoms with Crippen LogP contribution < -0.4 is 10.1 Å². The highest BCUT2D eigenvalue weighted by Crippen LogP contribution is 2.25. The van der Waals surface area contributed by atoms with E-state index in [1.165, 1.54) is 27.3 Å². The van der Waals surface area contributed by atoms with Gasteiger partial charge in [0.05, 0.1) is 12.0 Å². The van der Waals surface area contributed by atoms with Crippen molar-refractivity contribution in [2.45, 2.75) is 30.6 Å². The van der Waals surface area contributed by atoms with Crippen molar-refractivity contribution in [1.29, 1.82) is 0 Å². The number of hydrogen-bond acceptors (Lipinski definition) is 4. The molecule has 0 unspecified atom stereocenters. The number of benzene rings is 2. The van der Waals surface area contributed by atoms with Gasteiger partial charge < -0.3 is 10.1 Å². The molecule has 0 radical (unpaired) electrons. The molecule has 2 aromatic rings. The Kier molecular flexibility index (Phi) is 8.49. The lowest BCUT2D eigenvalue weighted by Gasteiger charge is -2.14. The molecule has 0 saturated heterocycles. The summed E-state index contributed by atoms with van der Waals surface area (Å²) >= 11 is 6.13. The number of rotatable bonds is 10. The fourth-order valence-corrected chi connectivity index (χ4v) is 4.05. The van der Waals surface area contributed by atoms with Crippen LogP contribution in [-0.4, -0.2) is 46.4 Å². The lowest BCUT2D eigenvalue weighted by atomic mass is 10.1. The third kappa shape index (κ3) is 6.45. The number of carbonyl (C=O) groups is 1. The third-order valence-corrected chi connectivity index (χ3v) is 6.73.